The maximum absolute atomic E-state index is 14.0. The zero-order valence-corrected chi connectivity index (χ0v) is 13.9. The van der Waals surface area contributed by atoms with Crippen LogP contribution in [-0.2, 0) is 9.53 Å². The lowest BCUT2D eigenvalue weighted by Crippen LogP contribution is -2.42. The number of ether oxygens (including phenoxy) is 1. The molecule has 3 nitrogen and oxygen atoms in total. The molecule has 25 heavy (non-hydrogen) atoms. The minimum Gasteiger partial charge on any atom is -0.370 e. The van der Waals surface area contributed by atoms with Crippen LogP contribution in [0.15, 0.2) is 54.1 Å². The van der Waals surface area contributed by atoms with Crippen LogP contribution >= 0.6 is 0 Å². The van der Waals surface area contributed by atoms with Gasteiger partial charge in [0.1, 0.15) is 17.7 Å². The molecular formula is C20H19F2NO2. The molecule has 0 bridgehead atoms. The molecule has 2 aromatic rings. The monoisotopic (exact) mass is 343 g/mol. The standard InChI is InChI=1S/C20H19F2NO2/c1-14(12-15-6-2-4-8-17(15)21)20(24)23-10-11-25-19(13-23)16-7-3-5-9-18(16)22/h2-9,12,19H,10-11,13H2,1H3/b14-12+. The van der Waals surface area contributed by atoms with Crippen molar-refractivity contribution in [3.63, 3.8) is 0 Å². The molecule has 0 aromatic heterocycles. The van der Waals surface area contributed by atoms with Crippen molar-refractivity contribution in [2.45, 2.75) is 13.0 Å². The van der Waals surface area contributed by atoms with Crippen LogP contribution in [-0.4, -0.2) is 30.5 Å². The third-order valence-electron chi connectivity index (χ3n) is 4.22. The third-order valence-corrected chi connectivity index (χ3v) is 4.22. The molecule has 0 radical (unpaired) electrons. The Labute approximate surface area is 145 Å². The topological polar surface area (TPSA) is 29.5 Å². The van der Waals surface area contributed by atoms with E-state index in [1.807, 2.05) is 0 Å². The normalized spacial score (nSPS) is 18.3. The van der Waals surface area contributed by atoms with Crippen LogP contribution in [0.1, 0.15) is 24.2 Å². The highest BCUT2D eigenvalue weighted by Gasteiger charge is 2.27. The first-order chi connectivity index (χ1) is 12.1. The van der Waals surface area contributed by atoms with Gasteiger partial charge >= 0.3 is 0 Å². The Hall–Kier alpha value is -2.53. The number of carbonyl (C=O) groups is 1. The lowest BCUT2D eigenvalue weighted by Gasteiger charge is -2.33. The van der Waals surface area contributed by atoms with E-state index in [0.29, 0.717) is 29.9 Å². The van der Waals surface area contributed by atoms with E-state index in [1.165, 1.54) is 18.2 Å². The molecule has 1 heterocycles. The van der Waals surface area contributed by atoms with Gasteiger partial charge in [0.15, 0.2) is 0 Å². The fraction of sp³-hybridized carbons (Fsp3) is 0.250. The van der Waals surface area contributed by atoms with Gasteiger partial charge in [-0.2, -0.15) is 0 Å². The Morgan fingerprint density at radius 3 is 2.52 bits per heavy atom. The second-order valence-electron chi connectivity index (χ2n) is 5.98. The largest absolute Gasteiger partial charge is 0.370 e. The van der Waals surface area contributed by atoms with E-state index in [1.54, 1.807) is 48.2 Å². The maximum Gasteiger partial charge on any atom is 0.249 e. The van der Waals surface area contributed by atoms with E-state index in [9.17, 15) is 13.6 Å². The fourth-order valence-electron chi connectivity index (χ4n) is 2.89. The number of nitrogens with zero attached hydrogens (tertiary/aromatic N) is 1. The summed E-state index contributed by atoms with van der Waals surface area (Å²) in [6.07, 6.45) is 1.03. The summed E-state index contributed by atoms with van der Waals surface area (Å²) in [5.74, 6) is -0.922. The van der Waals surface area contributed by atoms with E-state index in [-0.39, 0.29) is 24.1 Å². The predicted molar refractivity (Wildman–Crippen MR) is 91.7 cm³/mol. The zero-order chi connectivity index (χ0) is 17.8. The van der Waals surface area contributed by atoms with Crippen LogP contribution in [0.3, 0.4) is 0 Å². The van der Waals surface area contributed by atoms with Crippen molar-refractivity contribution in [2.24, 2.45) is 0 Å². The van der Waals surface area contributed by atoms with Gasteiger partial charge in [-0.15, -0.1) is 0 Å². The highest BCUT2D eigenvalue weighted by Crippen LogP contribution is 2.25. The average Bonchev–Trinajstić information content (AvgIpc) is 2.63. The molecule has 0 spiro atoms. The van der Waals surface area contributed by atoms with E-state index in [2.05, 4.69) is 0 Å². The van der Waals surface area contributed by atoms with Crippen molar-refractivity contribution in [3.8, 4) is 0 Å². The average molecular weight is 343 g/mol. The summed E-state index contributed by atoms with van der Waals surface area (Å²) >= 11 is 0. The molecule has 1 unspecified atom stereocenters. The Bertz CT molecular complexity index is 804. The summed E-state index contributed by atoms with van der Waals surface area (Å²) in [5, 5.41) is 0. The molecule has 0 aliphatic carbocycles. The molecule has 0 saturated carbocycles. The number of amides is 1. The lowest BCUT2D eigenvalue weighted by molar-refractivity contribution is -0.134. The van der Waals surface area contributed by atoms with Crippen molar-refractivity contribution in [2.75, 3.05) is 19.7 Å². The van der Waals surface area contributed by atoms with Gasteiger partial charge in [0.2, 0.25) is 5.91 Å². The van der Waals surface area contributed by atoms with Crippen molar-refractivity contribution < 1.29 is 18.3 Å². The first-order valence-electron chi connectivity index (χ1n) is 8.14. The van der Waals surface area contributed by atoms with Crippen molar-refractivity contribution in [1.29, 1.82) is 0 Å². The van der Waals surface area contributed by atoms with Crippen LogP contribution in [0, 0.1) is 11.6 Å². The molecule has 1 saturated heterocycles. The van der Waals surface area contributed by atoms with Gasteiger partial charge in [0.25, 0.3) is 0 Å². The van der Waals surface area contributed by atoms with Gasteiger partial charge in [0, 0.05) is 23.2 Å². The van der Waals surface area contributed by atoms with Crippen LogP contribution in [0.25, 0.3) is 6.08 Å². The fourth-order valence-corrected chi connectivity index (χ4v) is 2.89. The molecule has 1 aliphatic rings. The smallest absolute Gasteiger partial charge is 0.249 e. The second kappa shape index (κ2) is 7.57. The van der Waals surface area contributed by atoms with E-state index < -0.39 is 6.10 Å². The first kappa shape index (κ1) is 17.3. The number of morpholine rings is 1. The second-order valence-corrected chi connectivity index (χ2v) is 5.98. The van der Waals surface area contributed by atoms with Gasteiger partial charge < -0.3 is 9.64 Å². The maximum atomic E-state index is 14.0. The first-order valence-corrected chi connectivity index (χ1v) is 8.14. The van der Waals surface area contributed by atoms with Crippen LogP contribution < -0.4 is 0 Å². The van der Waals surface area contributed by atoms with Gasteiger partial charge in [-0.25, -0.2) is 8.78 Å². The van der Waals surface area contributed by atoms with E-state index in [4.69, 9.17) is 4.74 Å². The van der Waals surface area contributed by atoms with E-state index >= 15 is 0 Å². The highest BCUT2D eigenvalue weighted by molar-refractivity contribution is 5.97. The zero-order valence-electron chi connectivity index (χ0n) is 13.9. The van der Waals surface area contributed by atoms with E-state index in [0.717, 1.165) is 0 Å². The van der Waals surface area contributed by atoms with Gasteiger partial charge in [-0.1, -0.05) is 36.4 Å². The van der Waals surface area contributed by atoms with Gasteiger partial charge in [0.05, 0.1) is 13.2 Å². The number of hydrogen-bond acceptors (Lipinski definition) is 2. The van der Waals surface area contributed by atoms with Gasteiger partial charge in [-0.3, -0.25) is 4.79 Å². The summed E-state index contributed by atoms with van der Waals surface area (Å²) < 4.78 is 33.3. The third kappa shape index (κ3) is 3.94. The number of halogens is 2. The van der Waals surface area contributed by atoms with Crippen molar-refractivity contribution in [1.82, 2.24) is 4.90 Å². The molecule has 1 aliphatic heterocycles. The van der Waals surface area contributed by atoms with Crippen LogP contribution in [0.4, 0.5) is 8.78 Å². The summed E-state index contributed by atoms with van der Waals surface area (Å²) in [6, 6.07) is 12.7. The summed E-state index contributed by atoms with van der Waals surface area (Å²) in [6.45, 7) is 2.68. The van der Waals surface area contributed by atoms with Crippen molar-refractivity contribution >= 4 is 12.0 Å². The number of benzene rings is 2. The van der Waals surface area contributed by atoms with Crippen LogP contribution in [0.2, 0.25) is 0 Å². The SMILES string of the molecule is C/C(=C\c1ccccc1F)C(=O)N1CCOC(c2ccccc2F)C1. The number of hydrogen-bond donors (Lipinski definition) is 0. The summed E-state index contributed by atoms with van der Waals surface area (Å²) in [4.78, 5) is 14.3. The molecular weight excluding hydrogens is 324 g/mol. The molecule has 3 rings (SSSR count). The van der Waals surface area contributed by atoms with Crippen molar-refractivity contribution in [3.05, 3.63) is 76.9 Å². The van der Waals surface area contributed by atoms with Gasteiger partial charge in [-0.05, 0) is 25.1 Å². The highest BCUT2D eigenvalue weighted by atomic mass is 19.1. The molecule has 5 heteroatoms. The quantitative estimate of drug-likeness (QED) is 0.789. The Kier molecular flexibility index (Phi) is 5.24. The molecule has 2 aromatic carbocycles. The Morgan fingerprint density at radius 2 is 1.80 bits per heavy atom. The number of rotatable bonds is 3. The summed E-state index contributed by atoms with van der Waals surface area (Å²) in [7, 11) is 0. The Morgan fingerprint density at radius 1 is 1.12 bits per heavy atom. The minimum atomic E-state index is -0.500. The minimum absolute atomic E-state index is 0.201. The Balaban J connectivity index is 1.76. The molecule has 1 fully saturated rings. The predicted octanol–water partition coefficient (Wildman–Crippen LogP) is 3.97. The summed E-state index contributed by atoms with van der Waals surface area (Å²) in [5.41, 5.74) is 1.24. The molecule has 1 amide bonds. The molecule has 0 N–H and O–H groups in total. The number of carbonyl (C=O) groups excluding carboxylic acids is 1. The van der Waals surface area contributed by atoms with Crippen LogP contribution in [0.5, 0.6) is 0 Å². The lowest BCUT2D eigenvalue weighted by atomic mass is 10.1. The molecule has 1 atom stereocenters. The molecule has 130 valence electrons.